The summed E-state index contributed by atoms with van der Waals surface area (Å²) in [6.07, 6.45) is 2.45. The number of ketones is 1. The molecular formula is C14H18O2. The zero-order valence-electron chi connectivity index (χ0n) is 10.4. The van der Waals surface area contributed by atoms with Crippen LogP contribution in [0.15, 0.2) is 0 Å². The first-order valence-corrected chi connectivity index (χ1v) is 5.83. The smallest absolute Gasteiger partial charge is 0.163 e. The molecule has 1 aliphatic carbocycles. The summed E-state index contributed by atoms with van der Waals surface area (Å²) in [5.41, 5.74) is 5.65. The first-order valence-electron chi connectivity index (χ1n) is 5.83. The predicted molar refractivity (Wildman–Crippen MR) is 64.5 cm³/mol. The van der Waals surface area contributed by atoms with Gasteiger partial charge in [-0.3, -0.25) is 4.79 Å². The lowest BCUT2D eigenvalue weighted by Crippen LogP contribution is -2.05. The molecule has 0 aromatic heterocycles. The summed E-state index contributed by atoms with van der Waals surface area (Å²) in [4.78, 5) is 11.9. The van der Waals surface area contributed by atoms with E-state index in [1.54, 1.807) is 7.11 Å². The van der Waals surface area contributed by atoms with E-state index in [1.165, 1.54) is 11.1 Å². The van der Waals surface area contributed by atoms with E-state index >= 15 is 0 Å². The van der Waals surface area contributed by atoms with Gasteiger partial charge in [0.2, 0.25) is 0 Å². The molecule has 0 radical (unpaired) electrons. The predicted octanol–water partition coefficient (Wildman–Crippen LogP) is 3.00. The van der Waals surface area contributed by atoms with Crippen molar-refractivity contribution in [2.75, 3.05) is 7.11 Å². The van der Waals surface area contributed by atoms with E-state index in [0.29, 0.717) is 12.2 Å². The molecule has 2 nitrogen and oxygen atoms in total. The van der Waals surface area contributed by atoms with Crippen molar-refractivity contribution in [2.24, 2.45) is 0 Å². The zero-order valence-corrected chi connectivity index (χ0v) is 10.4. The van der Waals surface area contributed by atoms with E-state index in [4.69, 9.17) is 4.74 Å². The number of Topliss-reactive ketones (excluding diaryl/α,β-unsaturated/α-hetero) is 1. The molecular weight excluding hydrogens is 200 g/mol. The average molecular weight is 218 g/mol. The fraction of sp³-hybridized carbons (Fsp3) is 0.500. The molecule has 1 aromatic carbocycles. The molecule has 1 aliphatic rings. The molecule has 0 heterocycles. The number of rotatable bonds is 2. The first kappa shape index (κ1) is 11.2. The Labute approximate surface area is 96.6 Å². The number of ether oxygens (including phenoxy) is 1. The quantitative estimate of drug-likeness (QED) is 0.762. The summed E-state index contributed by atoms with van der Waals surface area (Å²) in [6, 6.07) is 0. The third-order valence-corrected chi connectivity index (χ3v) is 3.64. The van der Waals surface area contributed by atoms with Crippen LogP contribution in [0.1, 0.15) is 46.0 Å². The van der Waals surface area contributed by atoms with Crippen LogP contribution in [0.2, 0.25) is 0 Å². The van der Waals surface area contributed by atoms with E-state index in [0.717, 1.165) is 35.3 Å². The summed E-state index contributed by atoms with van der Waals surface area (Å²) >= 11 is 0. The highest BCUT2D eigenvalue weighted by Crippen LogP contribution is 2.38. The number of benzene rings is 1. The van der Waals surface area contributed by atoms with Gasteiger partial charge in [-0.25, -0.2) is 0 Å². The normalized spacial score (nSPS) is 14.1. The van der Waals surface area contributed by atoms with Gasteiger partial charge in [-0.15, -0.1) is 0 Å². The van der Waals surface area contributed by atoms with Gasteiger partial charge in [0, 0.05) is 12.0 Å². The Balaban J connectivity index is 2.79. The lowest BCUT2D eigenvalue weighted by molar-refractivity contribution is 0.0994. The number of hydrogen-bond donors (Lipinski definition) is 0. The number of carbonyl (C=O) groups excluding carboxylic acids is 1. The molecule has 2 heteroatoms. The van der Waals surface area contributed by atoms with E-state index in [2.05, 4.69) is 13.8 Å². The monoisotopic (exact) mass is 218 g/mol. The molecule has 0 amide bonds. The van der Waals surface area contributed by atoms with E-state index in [-0.39, 0.29) is 0 Å². The second-order valence-corrected chi connectivity index (χ2v) is 4.39. The maximum atomic E-state index is 11.9. The summed E-state index contributed by atoms with van der Waals surface area (Å²) in [5, 5.41) is 0. The highest BCUT2D eigenvalue weighted by molar-refractivity contribution is 6.02. The van der Waals surface area contributed by atoms with Gasteiger partial charge >= 0.3 is 0 Å². The van der Waals surface area contributed by atoms with Gasteiger partial charge in [-0.1, -0.05) is 6.92 Å². The molecule has 86 valence electrons. The molecule has 0 N–H and O–H groups in total. The molecule has 0 atom stereocenters. The molecule has 0 unspecified atom stereocenters. The zero-order chi connectivity index (χ0) is 11.9. The van der Waals surface area contributed by atoms with Crippen molar-refractivity contribution < 1.29 is 9.53 Å². The van der Waals surface area contributed by atoms with Crippen LogP contribution in [0.25, 0.3) is 0 Å². The lowest BCUT2D eigenvalue weighted by Gasteiger charge is -2.17. The minimum Gasteiger partial charge on any atom is -0.496 e. The van der Waals surface area contributed by atoms with Crippen LogP contribution >= 0.6 is 0 Å². The van der Waals surface area contributed by atoms with Gasteiger partial charge < -0.3 is 4.74 Å². The van der Waals surface area contributed by atoms with Crippen molar-refractivity contribution in [3.63, 3.8) is 0 Å². The molecule has 0 bridgehead atoms. The van der Waals surface area contributed by atoms with Crippen molar-refractivity contribution in [1.82, 2.24) is 0 Å². The standard InChI is InChI=1S/C14H18O2/c1-5-10-8(2)13-11(6-7-12(13)15)9(3)14(10)16-4/h5-7H2,1-4H3. The van der Waals surface area contributed by atoms with Crippen LogP contribution in [0, 0.1) is 13.8 Å². The van der Waals surface area contributed by atoms with Gasteiger partial charge in [0.05, 0.1) is 7.11 Å². The van der Waals surface area contributed by atoms with Crippen molar-refractivity contribution >= 4 is 5.78 Å². The minimum absolute atomic E-state index is 0.299. The summed E-state index contributed by atoms with van der Waals surface area (Å²) < 4.78 is 5.50. The molecule has 0 aliphatic heterocycles. The fourth-order valence-corrected chi connectivity index (χ4v) is 2.85. The van der Waals surface area contributed by atoms with Gasteiger partial charge in [-0.05, 0) is 48.9 Å². The number of carbonyl (C=O) groups is 1. The Bertz CT molecular complexity index is 459. The van der Waals surface area contributed by atoms with Gasteiger partial charge in [0.1, 0.15) is 5.75 Å². The number of methoxy groups -OCH3 is 1. The van der Waals surface area contributed by atoms with Gasteiger partial charge in [0.15, 0.2) is 5.78 Å². The van der Waals surface area contributed by atoms with Gasteiger partial charge in [0.25, 0.3) is 0 Å². The van der Waals surface area contributed by atoms with Crippen LogP contribution in [0.3, 0.4) is 0 Å². The van der Waals surface area contributed by atoms with Gasteiger partial charge in [-0.2, -0.15) is 0 Å². The topological polar surface area (TPSA) is 26.3 Å². The van der Waals surface area contributed by atoms with Crippen molar-refractivity contribution in [3.8, 4) is 5.75 Å². The third-order valence-electron chi connectivity index (χ3n) is 3.64. The van der Waals surface area contributed by atoms with Crippen LogP contribution < -0.4 is 4.74 Å². The van der Waals surface area contributed by atoms with Crippen LogP contribution in [-0.4, -0.2) is 12.9 Å². The van der Waals surface area contributed by atoms with Crippen molar-refractivity contribution in [1.29, 1.82) is 0 Å². The second kappa shape index (κ2) is 3.93. The Kier molecular flexibility index (Phi) is 2.75. The van der Waals surface area contributed by atoms with E-state index in [1.807, 2.05) is 6.92 Å². The van der Waals surface area contributed by atoms with Crippen molar-refractivity contribution in [3.05, 3.63) is 27.8 Å². The highest BCUT2D eigenvalue weighted by atomic mass is 16.5. The molecule has 0 fully saturated rings. The number of fused-ring (bicyclic) bond motifs is 1. The fourth-order valence-electron chi connectivity index (χ4n) is 2.85. The molecule has 1 aromatic rings. The highest BCUT2D eigenvalue weighted by Gasteiger charge is 2.27. The SMILES string of the molecule is CCc1c(C)c2c(c(C)c1OC)CCC2=O. The molecule has 2 rings (SSSR count). The molecule has 0 saturated carbocycles. The van der Waals surface area contributed by atoms with Crippen molar-refractivity contribution in [2.45, 2.75) is 40.0 Å². The van der Waals surface area contributed by atoms with E-state index < -0.39 is 0 Å². The van der Waals surface area contributed by atoms with E-state index in [9.17, 15) is 4.79 Å². The summed E-state index contributed by atoms with van der Waals surface area (Å²) in [5.74, 6) is 1.28. The molecule has 0 saturated heterocycles. The Morgan fingerprint density at radius 3 is 2.44 bits per heavy atom. The Hall–Kier alpha value is -1.31. The maximum Gasteiger partial charge on any atom is 0.163 e. The summed E-state index contributed by atoms with van der Waals surface area (Å²) in [6.45, 7) is 6.22. The van der Waals surface area contributed by atoms with Crippen LogP contribution in [-0.2, 0) is 12.8 Å². The third kappa shape index (κ3) is 1.36. The average Bonchev–Trinajstić information content (AvgIpc) is 2.65. The maximum absolute atomic E-state index is 11.9. The minimum atomic E-state index is 0.299. The Morgan fingerprint density at radius 2 is 1.88 bits per heavy atom. The molecule has 0 spiro atoms. The lowest BCUT2D eigenvalue weighted by atomic mass is 9.92. The first-order chi connectivity index (χ1) is 7.61. The largest absolute Gasteiger partial charge is 0.496 e. The number of hydrogen-bond acceptors (Lipinski definition) is 2. The Morgan fingerprint density at radius 1 is 1.19 bits per heavy atom. The second-order valence-electron chi connectivity index (χ2n) is 4.39. The summed E-state index contributed by atoms with van der Waals surface area (Å²) in [7, 11) is 1.71. The van der Waals surface area contributed by atoms with Crippen LogP contribution in [0.4, 0.5) is 0 Å². The molecule has 16 heavy (non-hydrogen) atoms. The van der Waals surface area contributed by atoms with Crippen LogP contribution in [0.5, 0.6) is 5.75 Å².